The molecular weight excluding hydrogens is 413 g/mol. The smallest absolute Gasteiger partial charge is 0.338 e. The van der Waals surface area contributed by atoms with Crippen LogP contribution in [-0.4, -0.2) is 31.1 Å². The number of hydrogen-bond donors (Lipinski definition) is 0. The topological polar surface area (TPSA) is 75.7 Å². The molecule has 0 spiro atoms. The van der Waals surface area contributed by atoms with Gasteiger partial charge in [-0.05, 0) is 46.7 Å². The van der Waals surface area contributed by atoms with Gasteiger partial charge in [-0.3, -0.25) is 0 Å². The fourth-order valence-electron chi connectivity index (χ4n) is 1.72. The highest BCUT2D eigenvalue weighted by Crippen LogP contribution is 2.28. The number of rotatable bonds is 6. The van der Waals surface area contributed by atoms with Gasteiger partial charge in [-0.2, -0.15) is 8.78 Å². The van der Waals surface area contributed by atoms with Crippen LogP contribution in [0.2, 0.25) is 0 Å². The summed E-state index contributed by atoms with van der Waals surface area (Å²) in [6.45, 7) is 2.65. The molecule has 5 nitrogen and oxygen atoms in total. The Labute approximate surface area is 139 Å². The van der Waals surface area contributed by atoms with Crippen molar-refractivity contribution in [3.05, 3.63) is 27.3 Å². The molecule has 0 aliphatic rings. The third-order valence-corrected chi connectivity index (χ3v) is 3.70. The molecule has 0 aromatic heterocycles. The van der Waals surface area contributed by atoms with Crippen molar-refractivity contribution in [1.82, 2.24) is 0 Å². The van der Waals surface area contributed by atoms with Gasteiger partial charge in [0.05, 0.1) is 16.2 Å². The quantitative estimate of drug-likeness (QED) is 0.512. The number of benzene rings is 1. The summed E-state index contributed by atoms with van der Waals surface area (Å²) >= 11 is 1.91. The fourth-order valence-corrected chi connectivity index (χ4v) is 2.46. The van der Waals surface area contributed by atoms with Crippen LogP contribution in [0.3, 0.4) is 0 Å². The minimum absolute atomic E-state index is 0.0185. The first-order valence-corrected chi connectivity index (χ1v) is 7.33. The summed E-state index contributed by atoms with van der Waals surface area (Å²) in [4.78, 5) is 22.5. The summed E-state index contributed by atoms with van der Waals surface area (Å²) in [6.07, 6.45) is -2.12. The zero-order valence-electron chi connectivity index (χ0n) is 12.1. The van der Waals surface area contributed by atoms with E-state index in [-0.39, 0.29) is 5.56 Å². The first kappa shape index (κ1) is 18.6. The van der Waals surface area contributed by atoms with Crippen molar-refractivity contribution >= 4 is 34.5 Å². The number of hydrogen-bond acceptors (Lipinski definition) is 5. The second-order valence-electron chi connectivity index (χ2n) is 4.83. The van der Waals surface area contributed by atoms with Gasteiger partial charge in [0.1, 0.15) is 11.7 Å². The Bertz CT molecular complexity index is 574. The van der Waals surface area contributed by atoms with E-state index in [1.54, 1.807) is 0 Å². The molecule has 1 aromatic rings. The Morgan fingerprint density at radius 3 is 2.32 bits per heavy atom. The Hall–Kier alpha value is -1.45. The highest BCUT2D eigenvalue weighted by molar-refractivity contribution is 14.1. The van der Waals surface area contributed by atoms with Crippen LogP contribution < -0.4 is 9.84 Å². The third kappa shape index (κ3) is 4.05. The summed E-state index contributed by atoms with van der Waals surface area (Å²) < 4.78 is 37.5. The zero-order valence-corrected chi connectivity index (χ0v) is 14.2. The van der Waals surface area contributed by atoms with Crippen molar-refractivity contribution in [2.24, 2.45) is 5.92 Å². The monoisotopic (exact) mass is 427 g/mol. The molecule has 0 aliphatic carbocycles. The van der Waals surface area contributed by atoms with Crippen molar-refractivity contribution in [3.63, 3.8) is 0 Å². The molecule has 0 fully saturated rings. The van der Waals surface area contributed by atoms with E-state index in [0.29, 0.717) is 9.32 Å². The molecule has 0 saturated heterocycles. The van der Waals surface area contributed by atoms with Gasteiger partial charge >= 0.3 is 11.9 Å². The lowest BCUT2D eigenvalue weighted by atomic mass is 10.0. The summed E-state index contributed by atoms with van der Waals surface area (Å²) in [6, 6.07) is 4.23. The van der Waals surface area contributed by atoms with E-state index in [9.17, 15) is 23.5 Å². The molecule has 122 valence electrons. The number of aliphatic carboxylic acids is 1. The molecule has 0 radical (unpaired) electrons. The maximum atomic E-state index is 13.6. The van der Waals surface area contributed by atoms with Crippen molar-refractivity contribution in [3.8, 4) is 5.75 Å². The van der Waals surface area contributed by atoms with Gasteiger partial charge in [-0.1, -0.05) is 13.8 Å². The van der Waals surface area contributed by atoms with Crippen LogP contribution in [0.4, 0.5) is 8.78 Å². The van der Waals surface area contributed by atoms with Gasteiger partial charge < -0.3 is 19.4 Å². The zero-order chi connectivity index (χ0) is 17.1. The molecule has 0 aliphatic heterocycles. The van der Waals surface area contributed by atoms with Crippen LogP contribution in [0.25, 0.3) is 0 Å². The Morgan fingerprint density at radius 2 is 1.91 bits per heavy atom. The molecule has 1 unspecified atom stereocenters. The van der Waals surface area contributed by atoms with E-state index in [1.807, 2.05) is 22.6 Å². The standard InChI is InChI=1S/C14H15F2IO5/c1-7(2)11(14(15,16)13(19)20)22-12(18)8-4-5-10(21-3)9(17)6-8/h4-7,11H,1-3H3,(H,19,20)/p-1. The minimum Gasteiger partial charge on any atom is -0.544 e. The second-order valence-corrected chi connectivity index (χ2v) is 5.99. The van der Waals surface area contributed by atoms with Gasteiger partial charge in [-0.25, -0.2) is 4.79 Å². The maximum Gasteiger partial charge on any atom is 0.338 e. The molecule has 22 heavy (non-hydrogen) atoms. The van der Waals surface area contributed by atoms with Crippen molar-refractivity contribution in [2.75, 3.05) is 7.11 Å². The van der Waals surface area contributed by atoms with Gasteiger partial charge in [0.2, 0.25) is 0 Å². The van der Waals surface area contributed by atoms with E-state index in [1.165, 1.54) is 39.2 Å². The number of carbonyl (C=O) groups excluding carboxylic acids is 2. The molecule has 0 N–H and O–H groups in total. The largest absolute Gasteiger partial charge is 0.544 e. The third-order valence-electron chi connectivity index (χ3n) is 2.86. The van der Waals surface area contributed by atoms with E-state index in [2.05, 4.69) is 0 Å². The summed E-state index contributed by atoms with van der Waals surface area (Å²) in [7, 11) is 1.45. The molecule has 1 atom stereocenters. The highest BCUT2D eigenvalue weighted by Gasteiger charge is 2.46. The summed E-state index contributed by atoms with van der Waals surface area (Å²) in [5.74, 6) is -8.29. The van der Waals surface area contributed by atoms with Gasteiger partial charge in [0, 0.05) is 0 Å². The first-order chi connectivity index (χ1) is 10.1. The lowest BCUT2D eigenvalue weighted by Crippen LogP contribution is -2.53. The number of carbonyl (C=O) groups is 2. The predicted octanol–water partition coefficient (Wildman–Crippen LogP) is 1.87. The van der Waals surface area contributed by atoms with Gasteiger partial charge in [0.25, 0.3) is 0 Å². The Kier molecular flexibility index (Phi) is 6.09. The number of alkyl halides is 2. The average molecular weight is 427 g/mol. The van der Waals surface area contributed by atoms with Crippen LogP contribution in [0.1, 0.15) is 24.2 Å². The fraction of sp³-hybridized carbons (Fsp3) is 0.429. The van der Waals surface area contributed by atoms with Crippen molar-refractivity contribution in [1.29, 1.82) is 0 Å². The summed E-state index contributed by atoms with van der Waals surface area (Å²) in [5, 5.41) is 10.6. The van der Waals surface area contributed by atoms with Crippen molar-refractivity contribution < 1.29 is 33.0 Å². The molecule has 0 saturated carbocycles. The van der Waals surface area contributed by atoms with Crippen LogP contribution in [0.5, 0.6) is 5.75 Å². The molecular formula is C14H14F2IO5-. The Balaban J connectivity index is 3.02. The van der Waals surface area contributed by atoms with Gasteiger partial charge in [-0.15, -0.1) is 0 Å². The van der Waals surface area contributed by atoms with Gasteiger partial charge in [0.15, 0.2) is 6.10 Å². The van der Waals surface area contributed by atoms with E-state index < -0.39 is 29.9 Å². The highest BCUT2D eigenvalue weighted by atomic mass is 127. The molecule has 0 bridgehead atoms. The number of carboxylic acids is 1. The number of carboxylic acid groups (broad SMARTS) is 1. The molecule has 0 heterocycles. The van der Waals surface area contributed by atoms with E-state index >= 15 is 0 Å². The number of halogens is 3. The van der Waals surface area contributed by atoms with E-state index in [0.717, 1.165) is 0 Å². The maximum absolute atomic E-state index is 13.6. The number of ether oxygens (including phenoxy) is 2. The summed E-state index contributed by atoms with van der Waals surface area (Å²) in [5.41, 5.74) is 0.0185. The van der Waals surface area contributed by atoms with Crippen LogP contribution in [-0.2, 0) is 9.53 Å². The molecule has 8 heteroatoms. The SMILES string of the molecule is COc1ccc(C(=O)OC(C(C)C)C(F)(F)C(=O)[O-])cc1I. The Morgan fingerprint density at radius 1 is 1.32 bits per heavy atom. The van der Waals surface area contributed by atoms with Crippen LogP contribution in [0, 0.1) is 9.49 Å². The molecule has 0 amide bonds. The van der Waals surface area contributed by atoms with Crippen molar-refractivity contribution in [2.45, 2.75) is 25.9 Å². The van der Waals surface area contributed by atoms with Crippen LogP contribution in [0.15, 0.2) is 18.2 Å². The van der Waals surface area contributed by atoms with Crippen LogP contribution >= 0.6 is 22.6 Å². The molecule has 1 aromatic carbocycles. The first-order valence-electron chi connectivity index (χ1n) is 6.25. The lowest BCUT2D eigenvalue weighted by Gasteiger charge is -2.30. The minimum atomic E-state index is -4.27. The lowest BCUT2D eigenvalue weighted by molar-refractivity contribution is -0.337. The van der Waals surface area contributed by atoms with E-state index in [4.69, 9.17) is 9.47 Å². The molecule has 1 rings (SSSR count). The normalized spacial score (nSPS) is 12.9. The number of methoxy groups -OCH3 is 1. The number of esters is 1. The predicted molar refractivity (Wildman–Crippen MR) is 79.7 cm³/mol. The second kappa shape index (κ2) is 7.21. The average Bonchev–Trinajstić information content (AvgIpc) is 2.43.